The topological polar surface area (TPSA) is 145 Å². The number of aryl methyl sites for hydroxylation is 1. The minimum Gasteiger partial charge on any atom is -0.481 e. The number of nitrogens with zero attached hydrogens (tertiary/aromatic N) is 4. The summed E-state index contributed by atoms with van der Waals surface area (Å²) in [5.74, 6) is -3.31. The van der Waals surface area contributed by atoms with E-state index in [0.29, 0.717) is 36.5 Å². The molecule has 0 spiro atoms. The van der Waals surface area contributed by atoms with Crippen molar-refractivity contribution < 1.29 is 29.4 Å². The summed E-state index contributed by atoms with van der Waals surface area (Å²) in [7, 11) is 0. The molecule has 276 valence electrons. The maximum absolute atomic E-state index is 14.6. The van der Waals surface area contributed by atoms with Crippen LogP contribution in [0.4, 0.5) is 5.69 Å². The Morgan fingerprint density at radius 2 is 1.75 bits per heavy atom. The smallest absolute Gasteiger partial charge is 0.304 e. The van der Waals surface area contributed by atoms with Crippen LogP contribution in [0.3, 0.4) is 0 Å². The van der Waals surface area contributed by atoms with Crippen LogP contribution in [0.1, 0.15) is 90.5 Å². The summed E-state index contributed by atoms with van der Waals surface area (Å²) in [4.78, 5) is 57.3. The van der Waals surface area contributed by atoms with E-state index in [9.17, 15) is 29.4 Å². The van der Waals surface area contributed by atoms with Crippen LogP contribution in [-0.2, 0) is 22.6 Å². The molecule has 1 aliphatic heterocycles. The van der Waals surface area contributed by atoms with Crippen molar-refractivity contribution in [2.75, 3.05) is 25.0 Å². The molecule has 52 heavy (non-hydrogen) atoms. The molecule has 11 heteroatoms. The number of aliphatic hydroxyl groups is 1. The van der Waals surface area contributed by atoms with Crippen LogP contribution in [-0.4, -0.2) is 79.2 Å². The Labute approximate surface area is 306 Å². The highest BCUT2D eigenvalue weighted by molar-refractivity contribution is 6.02. The lowest BCUT2D eigenvalue weighted by atomic mass is 9.93. The van der Waals surface area contributed by atoms with Crippen LogP contribution in [0.25, 0.3) is 5.69 Å². The molecule has 0 aliphatic carbocycles. The Bertz CT molecular complexity index is 1820. The first-order valence-electron chi connectivity index (χ1n) is 18.0. The molecule has 1 aromatic heterocycles. The molecule has 4 rings (SSSR count). The van der Waals surface area contributed by atoms with Gasteiger partial charge in [-0.1, -0.05) is 81.8 Å². The van der Waals surface area contributed by atoms with E-state index in [-0.39, 0.29) is 36.0 Å². The second-order valence-corrected chi connectivity index (χ2v) is 13.1. The molecule has 0 bridgehead atoms. The molecule has 0 saturated heterocycles. The zero-order valence-electron chi connectivity index (χ0n) is 30.7. The number of nitrogens with one attached hydrogen (secondary N) is 1. The fourth-order valence-electron chi connectivity index (χ4n) is 6.49. The van der Waals surface area contributed by atoms with Gasteiger partial charge in [0, 0.05) is 31.0 Å². The second-order valence-electron chi connectivity index (χ2n) is 13.1. The van der Waals surface area contributed by atoms with Gasteiger partial charge in [0.05, 0.1) is 36.2 Å². The number of anilines is 1. The van der Waals surface area contributed by atoms with Crippen molar-refractivity contribution in [3.05, 3.63) is 113 Å². The number of amides is 3. The summed E-state index contributed by atoms with van der Waals surface area (Å²) in [6, 6.07) is 13.9. The predicted octanol–water partition coefficient (Wildman–Crippen LogP) is 6.50. The summed E-state index contributed by atoms with van der Waals surface area (Å²) < 4.78 is 1.57. The molecule has 2 aromatic carbocycles. The molecule has 1 aliphatic rings. The minimum absolute atomic E-state index is 0.178. The Morgan fingerprint density at radius 1 is 1.06 bits per heavy atom. The van der Waals surface area contributed by atoms with Crippen molar-refractivity contribution in [1.82, 2.24) is 19.6 Å². The van der Waals surface area contributed by atoms with Crippen molar-refractivity contribution in [2.45, 2.75) is 78.8 Å². The molecule has 1 unspecified atom stereocenters. The zero-order valence-corrected chi connectivity index (χ0v) is 30.7. The average Bonchev–Trinajstić information content (AvgIpc) is 3.53. The van der Waals surface area contributed by atoms with Gasteiger partial charge in [-0.2, -0.15) is 5.10 Å². The molecule has 0 radical (unpaired) electrons. The number of aromatic nitrogens is 2. The van der Waals surface area contributed by atoms with E-state index in [1.54, 1.807) is 59.0 Å². The molecule has 3 N–H and O–H groups in total. The number of rotatable bonds is 17. The SMILES string of the molecule is C=C/C=C(\C=C/C)C(CC(=O)O)C(=O)Nc1ccc(-n2nc(C(=O)N(CCCC)CCCC)cc2C)c(C(=O)N2Cc3ccccc3C[C@H]2CO)c1. The first-order chi connectivity index (χ1) is 25.1. The average molecular weight is 710 g/mol. The number of carboxylic acids is 1. The van der Waals surface area contributed by atoms with Crippen LogP contribution in [0, 0.1) is 12.8 Å². The number of hydrogen-bond acceptors (Lipinski definition) is 6. The summed E-state index contributed by atoms with van der Waals surface area (Å²) in [6.45, 7) is 12.7. The van der Waals surface area contributed by atoms with Crippen LogP contribution in [0.5, 0.6) is 0 Å². The number of aliphatic carboxylic acids is 1. The Balaban J connectivity index is 1.80. The summed E-state index contributed by atoms with van der Waals surface area (Å²) in [5, 5.41) is 27.6. The van der Waals surface area contributed by atoms with Crippen LogP contribution in [0.2, 0.25) is 0 Å². The first-order valence-corrected chi connectivity index (χ1v) is 18.0. The lowest BCUT2D eigenvalue weighted by Crippen LogP contribution is -2.46. The quantitative estimate of drug-likeness (QED) is 0.136. The molecule has 0 saturated carbocycles. The largest absolute Gasteiger partial charge is 0.481 e. The maximum Gasteiger partial charge on any atom is 0.304 e. The van der Waals surface area contributed by atoms with E-state index < -0.39 is 36.2 Å². The van der Waals surface area contributed by atoms with Gasteiger partial charge in [-0.05, 0) is 74.1 Å². The van der Waals surface area contributed by atoms with Gasteiger partial charge in [-0.25, -0.2) is 4.68 Å². The number of benzene rings is 2. The third-order valence-corrected chi connectivity index (χ3v) is 9.27. The zero-order chi connectivity index (χ0) is 37.8. The highest BCUT2D eigenvalue weighted by atomic mass is 16.4. The molecule has 3 aromatic rings. The van der Waals surface area contributed by atoms with Crippen molar-refractivity contribution in [3.8, 4) is 5.69 Å². The first kappa shape index (κ1) is 39.5. The number of hydrogen-bond donors (Lipinski definition) is 3. The van der Waals surface area contributed by atoms with Gasteiger partial charge in [0.1, 0.15) is 0 Å². The third kappa shape index (κ3) is 9.52. The Kier molecular flexibility index (Phi) is 14.3. The minimum atomic E-state index is -1.14. The van der Waals surface area contributed by atoms with E-state index in [0.717, 1.165) is 36.8 Å². The van der Waals surface area contributed by atoms with Crippen molar-refractivity contribution in [2.24, 2.45) is 5.92 Å². The molecule has 0 fully saturated rings. The molecule has 11 nitrogen and oxygen atoms in total. The molecular formula is C41H51N5O6. The van der Waals surface area contributed by atoms with Crippen molar-refractivity contribution >= 4 is 29.4 Å². The molecule has 2 heterocycles. The van der Waals surface area contributed by atoms with Gasteiger partial charge in [-0.15, -0.1) is 0 Å². The predicted molar refractivity (Wildman–Crippen MR) is 202 cm³/mol. The number of unbranched alkanes of at least 4 members (excludes halogenated alkanes) is 2. The van der Waals surface area contributed by atoms with E-state index in [2.05, 4.69) is 25.7 Å². The fraction of sp³-hybridized carbons (Fsp3) is 0.390. The van der Waals surface area contributed by atoms with Gasteiger partial charge in [-0.3, -0.25) is 19.2 Å². The number of allylic oxidation sites excluding steroid dienone is 4. The number of carboxylic acid groups (broad SMARTS) is 1. The number of carbonyl (C=O) groups is 4. The maximum atomic E-state index is 14.6. The van der Waals surface area contributed by atoms with Gasteiger partial charge in [0.25, 0.3) is 11.8 Å². The van der Waals surface area contributed by atoms with Gasteiger partial charge < -0.3 is 25.3 Å². The monoisotopic (exact) mass is 709 g/mol. The molecule has 2 atom stereocenters. The van der Waals surface area contributed by atoms with Crippen LogP contribution in [0.15, 0.2) is 85.0 Å². The number of aliphatic hydroxyl groups excluding tert-OH is 1. The third-order valence-electron chi connectivity index (χ3n) is 9.27. The summed E-state index contributed by atoms with van der Waals surface area (Å²) >= 11 is 0. The second kappa shape index (κ2) is 18.8. The summed E-state index contributed by atoms with van der Waals surface area (Å²) in [5.41, 5.74) is 4.26. The van der Waals surface area contributed by atoms with E-state index in [1.807, 2.05) is 36.1 Å². The normalized spacial score (nSPS) is 14.9. The van der Waals surface area contributed by atoms with Gasteiger partial charge in [0.15, 0.2) is 5.69 Å². The lowest BCUT2D eigenvalue weighted by Gasteiger charge is -2.36. The number of carbonyl (C=O) groups excluding carboxylic acids is 3. The van der Waals surface area contributed by atoms with E-state index in [4.69, 9.17) is 5.10 Å². The highest BCUT2D eigenvalue weighted by Crippen LogP contribution is 2.30. The fourth-order valence-corrected chi connectivity index (χ4v) is 6.49. The standard InChI is InChI=1S/C41H51N5O6/c1-6-10-20-44(21-11-7-2)41(52)36-22-28(5)46(43-36)37-19-18-32(42-39(50)34(25-38(48)49)29(14-8-3)15-9-4)24-35(37)40(51)45-26-31-17-13-12-16-30(31)23-33(45)27-47/h8-9,12-19,22,24,33-34,47H,3,6-7,10-11,20-21,23,25-27H2,1-2,4-5H3,(H,42,50)(H,48,49)/b15-9-,29-14+/t33-,34?/m0/s1. The van der Waals surface area contributed by atoms with Gasteiger partial charge in [0.2, 0.25) is 5.91 Å². The lowest BCUT2D eigenvalue weighted by molar-refractivity contribution is -0.139. The van der Waals surface area contributed by atoms with Crippen molar-refractivity contribution in [3.63, 3.8) is 0 Å². The molecular weight excluding hydrogens is 658 g/mol. The van der Waals surface area contributed by atoms with E-state index in [1.165, 1.54) is 6.08 Å². The number of fused-ring (bicyclic) bond motifs is 1. The molecule has 3 amide bonds. The van der Waals surface area contributed by atoms with Gasteiger partial charge >= 0.3 is 5.97 Å². The van der Waals surface area contributed by atoms with E-state index >= 15 is 0 Å². The highest BCUT2D eigenvalue weighted by Gasteiger charge is 2.33. The summed E-state index contributed by atoms with van der Waals surface area (Å²) in [6.07, 6.45) is 10.1. The van der Waals surface area contributed by atoms with Crippen LogP contribution >= 0.6 is 0 Å². The van der Waals surface area contributed by atoms with Crippen LogP contribution < -0.4 is 5.32 Å². The Hall–Kier alpha value is -5.29. The van der Waals surface area contributed by atoms with Crippen molar-refractivity contribution in [1.29, 1.82) is 0 Å². The Morgan fingerprint density at radius 3 is 2.37 bits per heavy atom.